The molecule has 0 aliphatic rings. The predicted octanol–water partition coefficient (Wildman–Crippen LogP) is 5.10. The molecule has 0 saturated heterocycles. The molecule has 0 saturated carbocycles. The van der Waals surface area contributed by atoms with Crippen LogP contribution in [-0.4, -0.2) is 17.1 Å². The summed E-state index contributed by atoms with van der Waals surface area (Å²) in [5.74, 6) is 2.60. The van der Waals surface area contributed by atoms with Crippen LogP contribution in [0.3, 0.4) is 0 Å². The molecule has 4 heteroatoms. The molecular weight excluding hydrogens is 312 g/mol. The number of rotatable bonds is 4. The third-order valence-electron chi connectivity index (χ3n) is 3.86. The van der Waals surface area contributed by atoms with Crippen LogP contribution in [0, 0.1) is 0 Å². The van der Waals surface area contributed by atoms with Gasteiger partial charge in [0.15, 0.2) is 5.82 Å². The maximum absolute atomic E-state index is 6.05. The van der Waals surface area contributed by atoms with E-state index >= 15 is 0 Å². The first kappa shape index (κ1) is 15.1. The number of ether oxygens (including phenoxy) is 2. The first-order valence-corrected chi connectivity index (χ1v) is 7.97. The number of fused-ring (bicyclic) bond motifs is 1. The number of aromatic nitrogens is 2. The average Bonchev–Trinajstić information content (AvgIpc) is 2.69. The van der Waals surface area contributed by atoms with E-state index in [-0.39, 0.29) is 0 Å². The van der Waals surface area contributed by atoms with Crippen LogP contribution in [0.1, 0.15) is 0 Å². The monoisotopic (exact) mass is 328 g/mol. The van der Waals surface area contributed by atoms with E-state index in [1.165, 1.54) is 0 Å². The molecule has 4 aromatic rings. The highest BCUT2D eigenvalue weighted by Crippen LogP contribution is 2.32. The molecule has 0 amide bonds. The maximum atomic E-state index is 6.05. The lowest BCUT2D eigenvalue weighted by Crippen LogP contribution is -1.96. The van der Waals surface area contributed by atoms with Crippen molar-refractivity contribution in [1.29, 1.82) is 0 Å². The predicted molar refractivity (Wildman–Crippen MR) is 98.0 cm³/mol. The highest BCUT2D eigenvalue weighted by Gasteiger charge is 2.12. The zero-order valence-corrected chi connectivity index (χ0v) is 13.7. The largest absolute Gasteiger partial charge is 0.497 e. The quantitative estimate of drug-likeness (QED) is 0.523. The molecule has 0 N–H and O–H groups in total. The highest BCUT2D eigenvalue weighted by molar-refractivity contribution is 5.86. The Morgan fingerprint density at radius 1 is 0.720 bits per heavy atom. The van der Waals surface area contributed by atoms with Gasteiger partial charge in [-0.2, -0.15) is 4.98 Å². The van der Waals surface area contributed by atoms with Gasteiger partial charge < -0.3 is 9.47 Å². The summed E-state index contributed by atoms with van der Waals surface area (Å²) in [6.45, 7) is 0. The second-order valence-corrected chi connectivity index (χ2v) is 5.52. The Morgan fingerprint density at radius 2 is 1.44 bits per heavy atom. The molecule has 4 rings (SSSR count). The number of nitrogens with zero attached hydrogens (tertiary/aromatic N) is 2. The van der Waals surface area contributed by atoms with Crippen LogP contribution < -0.4 is 9.47 Å². The van der Waals surface area contributed by atoms with Gasteiger partial charge in [0.2, 0.25) is 5.88 Å². The lowest BCUT2D eigenvalue weighted by atomic mass is 10.2. The summed E-state index contributed by atoms with van der Waals surface area (Å²) in [6.07, 6.45) is 0. The maximum Gasteiger partial charge on any atom is 0.230 e. The zero-order chi connectivity index (χ0) is 17.1. The van der Waals surface area contributed by atoms with Crippen molar-refractivity contribution in [3.8, 4) is 28.8 Å². The first-order chi connectivity index (χ1) is 12.3. The van der Waals surface area contributed by atoms with Crippen molar-refractivity contribution in [2.75, 3.05) is 7.11 Å². The minimum Gasteiger partial charge on any atom is -0.497 e. The van der Waals surface area contributed by atoms with Crippen molar-refractivity contribution < 1.29 is 9.47 Å². The Morgan fingerprint density at radius 3 is 2.16 bits per heavy atom. The Hall–Kier alpha value is -3.40. The Kier molecular flexibility index (Phi) is 4.01. The third kappa shape index (κ3) is 3.15. The molecule has 0 aliphatic heterocycles. The fraction of sp³-hybridized carbons (Fsp3) is 0.0476. The molecule has 122 valence electrons. The topological polar surface area (TPSA) is 44.2 Å². The molecule has 0 radical (unpaired) electrons. The van der Waals surface area contributed by atoms with E-state index in [0.29, 0.717) is 11.7 Å². The summed E-state index contributed by atoms with van der Waals surface area (Å²) in [7, 11) is 1.64. The molecule has 0 spiro atoms. The van der Waals surface area contributed by atoms with Crippen molar-refractivity contribution in [1.82, 2.24) is 9.97 Å². The van der Waals surface area contributed by atoms with E-state index in [9.17, 15) is 0 Å². The normalized spacial score (nSPS) is 10.6. The SMILES string of the molecule is COc1ccc2nc(-c3ccccc3)nc(Oc3ccccc3)c2c1. The van der Waals surface area contributed by atoms with Crippen LogP contribution in [0.4, 0.5) is 0 Å². The van der Waals surface area contributed by atoms with E-state index in [1.807, 2.05) is 78.9 Å². The lowest BCUT2D eigenvalue weighted by molar-refractivity contribution is 0.415. The molecule has 0 fully saturated rings. The standard InChI is InChI=1S/C21H16N2O2/c1-24-17-12-13-19-18(14-17)21(25-16-10-6-3-7-11-16)23-20(22-19)15-8-4-2-5-9-15/h2-14H,1H3. The van der Waals surface area contributed by atoms with Crippen LogP contribution in [0.15, 0.2) is 78.9 Å². The van der Waals surface area contributed by atoms with Gasteiger partial charge in [0, 0.05) is 5.56 Å². The third-order valence-corrected chi connectivity index (χ3v) is 3.86. The smallest absolute Gasteiger partial charge is 0.230 e. The zero-order valence-electron chi connectivity index (χ0n) is 13.7. The molecular formula is C21H16N2O2. The summed E-state index contributed by atoms with van der Waals surface area (Å²) in [4.78, 5) is 9.33. The Bertz CT molecular complexity index is 1000. The van der Waals surface area contributed by atoms with E-state index in [4.69, 9.17) is 9.47 Å². The second kappa shape index (κ2) is 6.61. The molecule has 0 bridgehead atoms. The first-order valence-electron chi connectivity index (χ1n) is 7.97. The Labute approximate surface area is 145 Å². The average molecular weight is 328 g/mol. The van der Waals surface area contributed by atoms with Crippen molar-refractivity contribution in [2.24, 2.45) is 0 Å². The van der Waals surface area contributed by atoms with E-state index in [2.05, 4.69) is 9.97 Å². The number of methoxy groups -OCH3 is 1. The minimum atomic E-state index is 0.508. The van der Waals surface area contributed by atoms with Crippen molar-refractivity contribution >= 4 is 10.9 Å². The van der Waals surface area contributed by atoms with Gasteiger partial charge in [0.05, 0.1) is 18.0 Å². The van der Waals surface area contributed by atoms with Crippen LogP contribution in [0.25, 0.3) is 22.3 Å². The molecule has 4 nitrogen and oxygen atoms in total. The minimum absolute atomic E-state index is 0.508. The molecule has 1 heterocycles. The van der Waals surface area contributed by atoms with Crippen molar-refractivity contribution in [2.45, 2.75) is 0 Å². The van der Waals surface area contributed by atoms with E-state index in [1.54, 1.807) is 7.11 Å². The fourth-order valence-electron chi connectivity index (χ4n) is 2.60. The molecule has 25 heavy (non-hydrogen) atoms. The summed E-state index contributed by atoms with van der Waals surface area (Å²) >= 11 is 0. The van der Waals surface area contributed by atoms with E-state index in [0.717, 1.165) is 28.0 Å². The Balaban J connectivity index is 1.89. The van der Waals surface area contributed by atoms with Gasteiger partial charge in [0.25, 0.3) is 0 Å². The molecule has 1 aromatic heterocycles. The van der Waals surface area contributed by atoms with Gasteiger partial charge in [0.1, 0.15) is 11.5 Å². The molecule has 3 aromatic carbocycles. The fourth-order valence-corrected chi connectivity index (χ4v) is 2.60. The van der Waals surface area contributed by atoms with Crippen LogP contribution in [0.2, 0.25) is 0 Å². The van der Waals surface area contributed by atoms with Crippen LogP contribution >= 0.6 is 0 Å². The molecule has 0 atom stereocenters. The van der Waals surface area contributed by atoms with Crippen LogP contribution in [0.5, 0.6) is 17.4 Å². The second-order valence-electron chi connectivity index (χ2n) is 5.52. The van der Waals surface area contributed by atoms with Gasteiger partial charge in [-0.15, -0.1) is 0 Å². The summed E-state index contributed by atoms with van der Waals surface area (Å²) in [5.41, 5.74) is 1.75. The number of hydrogen-bond donors (Lipinski definition) is 0. The number of benzene rings is 3. The molecule has 0 aliphatic carbocycles. The van der Waals surface area contributed by atoms with Crippen LogP contribution in [-0.2, 0) is 0 Å². The molecule has 0 unspecified atom stereocenters. The van der Waals surface area contributed by atoms with E-state index < -0.39 is 0 Å². The van der Waals surface area contributed by atoms with Gasteiger partial charge >= 0.3 is 0 Å². The van der Waals surface area contributed by atoms with Crippen molar-refractivity contribution in [3.63, 3.8) is 0 Å². The summed E-state index contributed by atoms with van der Waals surface area (Å²) < 4.78 is 11.4. The lowest BCUT2D eigenvalue weighted by Gasteiger charge is -2.11. The summed E-state index contributed by atoms with van der Waals surface area (Å²) in [6, 6.07) is 25.2. The van der Waals surface area contributed by atoms with Gasteiger partial charge in [-0.1, -0.05) is 48.5 Å². The van der Waals surface area contributed by atoms with Gasteiger partial charge in [-0.25, -0.2) is 4.98 Å². The van der Waals surface area contributed by atoms with Gasteiger partial charge in [-0.05, 0) is 30.3 Å². The highest BCUT2D eigenvalue weighted by atomic mass is 16.5. The van der Waals surface area contributed by atoms with Gasteiger partial charge in [-0.3, -0.25) is 0 Å². The number of para-hydroxylation sites is 1. The number of hydrogen-bond acceptors (Lipinski definition) is 4. The van der Waals surface area contributed by atoms with Crippen molar-refractivity contribution in [3.05, 3.63) is 78.9 Å². The summed E-state index contributed by atoms with van der Waals surface area (Å²) in [5, 5.41) is 0.808.